The summed E-state index contributed by atoms with van der Waals surface area (Å²) in [5.74, 6) is -0.0740. The van der Waals surface area contributed by atoms with E-state index in [9.17, 15) is 9.90 Å². The van der Waals surface area contributed by atoms with Crippen molar-refractivity contribution < 1.29 is 14.6 Å². The number of benzene rings is 1. The summed E-state index contributed by atoms with van der Waals surface area (Å²) in [4.78, 5) is 17.9. The molecule has 0 saturated carbocycles. The average Bonchev–Trinajstić information content (AvgIpc) is 2.89. The van der Waals surface area contributed by atoms with Crippen molar-refractivity contribution in [2.45, 2.75) is 25.9 Å². The van der Waals surface area contributed by atoms with Gasteiger partial charge in [0.1, 0.15) is 0 Å². The summed E-state index contributed by atoms with van der Waals surface area (Å²) in [5, 5.41) is 14.5. The molecule has 6 nitrogen and oxygen atoms in total. The van der Waals surface area contributed by atoms with Crippen LogP contribution in [0.25, 0.3) is 10.9 Å². The largest absolute Gasteiger partial charge is 0.387 e. The fourth-order valence-electron chi connectivity index (χ4n) is 3.37. The summed E-state index contributed by atoms with van der Waals surface area (Å²) < 4.78 is 5.32. The normalized spacial score (nSPS) is 18.2. The summed E-state index contributed by atoms with van der Waals surface area (Å²) in [6.07, 6.45) is 0.309. The van der Waals surface area contributed by atoms with E-state index < -0.39 is 5.60 Å². The zero-order chi connectivity index (χ0) is 17.9. The van der Waals surface area contributed by atoms with Crippen LogP contribution in [0.2, 0.25) is 0 Å². The molecule has 0 aliphatic carbocycles. The number of ether oxygens (including phenoxy) is 1. The minimum absolute atomic E-state index is 0.0740. The highest BCUT2D eigenvalue weighted by molar-refractivity contribution is 5.90. The van der Waals surface area contributed by atoms with Crippen LogP contribution in [0.1, 0.15) is 18.2 Å². The molecule has 25 heavy (non-hydrogen) atoms. The van der Waals surface area contributed by atoms with E-state index in [0.29, 0.717) is 26.2 Å². The Kier molecular flexibility index (Phi) is 5.42. The number of carbonyl (C=O) groups is 1. The summed E-state index contributed by atoms with van der Waals surface area (Å²) in [6.45, 7) is 7.55. The van der Waals surface area contributed by atoms with E-state index in [-0.39, 0.29) is 12.5 Å². The number of nitrogens with one attached hydrogen (secondary N) is 2. The standard InChI is InChI=1S/C19H27N3O3/c1-14-16(15-5-3-4-6-17(15)21-14)11-18(23)20-12-19(2,24)13-22-7-9-25-10-8-22/h3-6,21,24H,7-13H2,1-2H3,(H,20,23). The van der Waals surface area contributed by atoms with E-state index in [1.807, 2.05) is 31.2 Å². The van der Waals surface area contributed by atoms with E-state index in [4.69, 9.17) is 4.74 Å². The Balaban J connectivity index is 1.55. The molecule has 1 amide bonds. The number of H-pyrrole nitrogens is 1. The lowest BCUT2D eigenvalue weighted by atomic mass is 10.0. The van der Waals surface area contributed by atoms with Crippen molar-refractivity contribution in [3.8, 4) is 0 Å². The topological polar surface area (TPSA) is 77.6 Å². The molecule has 2 aromatic rings. The molecule has 1 aliphatic heterocycles. The van der Waals surface area contributed by atoms with Crippen LogP contribution in [0, 0.1) is 6.92 Å². The molecule has 1 aromatic carbocycles. The molecule has 1 fully saturated rings. The summed E-state index contributed by atoms with van der Waals surface area (Å²) >= 11 is 0. The lowest BCUT2D eigenvalue weighted by molar-refractivity contribution is -0.121. The molecule has 1 aromatic heterocycles. The van der Waals surface area contributed by atoms with Gasteiger partial charge in [-0.25, -0.2) is 0 Å². The fourth-order valence-corrected chi connectivity index (χ4v) is 3.37. The number of morpholine rings is 1. The zero-order valence-corrected chi connectivity index (χ0v) is 15.0. The van der Waals surface area contributed by atoms with Gasteiger partial charge in [-0.2, -0.15) is 0 Å². The van der Waals surface area contributed by atoms with E-state index in [0.717, 1.165) is 35.2 Å². The first-order chi connectivity index (χ1) is 11.9. The molecular formula is C19H27N3O3. The van der Waals surface area contributed by atoms with Gasteiger partial charge in [0.15, 0.2) is 0 Å². The van der Waals surface area contributed by atoms with Gasteiger partial charge < -0.3 is 20.1 Å². The predicted octanol–water partition coefficient (Wildman–Crippen LogP) is 1.22. The average molecular weight is 345 g/mol. The predicted molar refractivity (Wildman–Crippen MR) is 97.6 cm³/mol. The number of aryl methyl sites for hydroxylation is 1. The number of aliphatic hydroxyl groups is 1. The highest BCUT2D eigenvalue weighted by Gasteiger charge is 2.26. The third-order valence-electron chi connectivity index (χ3n) is 4.70. The van der Waals surface area contributed by atoms with Crippen LogP contribution in [0.3, 0.4) is 0 Å². The maximum absolute atomic E-state index is 12.4. The van der Waals surface area contributed by atoms with Crippen molar-refractivity contribution >= 4 is 16.8 Å². The molecule has 0 bridgehead atoms. The molecule has 2 heterocycles. The van der Waals surface area contributed by atoms with Gasteiger partial charge in [0.25, 0.3) is 0 Å². The lowest BCUT2D eigenvalue weighted by Crippen LogP contribution is -2.51. The number of nitrogens with zero attached hydrogens (tertiary/aromatic N) is 1. The first-order valence-electron chi connectivity index (χ1n) is 8.80. The van der Waals surface area contributed by atoms with Gasteiger partial charge in [0.05, 0.1) is 25.2 Å². The Morgan fingerprint density at radius 2 is 2.08 bits per heavy atom. The number of β-amino-alcohol motifs (C(OH)–C–C–N with tert-alkyl or cyclic N) is 1. The third-order valence-corrected chi connectivity index (χ3v) is 4.70. The van der Waals surface area contributed by atoms with Gasteiger partial charge in [0, 0.05) is 42.8 Å². The maximum atomic E-state index is 12.4. The van der Waals surface area contributed by atoms with Gasteiger partial charge in [-0.3, -0.25) is 9.69 Å². The van der Waals surface area contributed by atoms with Crippen LogP contribution in [0.4, 0.5) is 0 Å². The minimum atomic E-state index is -0.956. The third kappa shape index (κ3) is 4.60. The summed E-state index contributed by atoms with van der Waals surface area (Å²) in [6, 6.07) is 7.99. The van der Waals surface area contributed by atoms with Crippen LogP contribution >= 0.6 is 0 Å². The summed E-state index contributed by atoms with van der Waals surface area (Å²) in [7, 11) is 0. The highest BCUT2D eigenvalue weighted by atomic mass is 16.5. The number of rotatable bonds is 6. The molecule has 3 N–H and O–H groups in total. The number of hydrogen-bond acceptors (Lipinski definition) is 4. The lowest BCUT2D eigenvalue weighted by Gasteiger charge is -2.33. The Bertz CT molecular complexity index is 733. The number of fused-ring (bicyclic) bond motifs is 1. The smallest absolute Gasteiger partial charge is 0.224 e. The van der Waals surface area contributed by atoms with Crippen LogP contribution < -0.4 is 5.32 Å². The van der Waals surface area contributed by atoms with E-state index in [1.165, 1.54) is 0 Å². The fraction of sp³-hybridized carbons (Fsp3) is 0.526. The molecule has 0 spiro atoms. The van der Waals surface area contributed by atoms with Gasteiger partial charge >= 0.3 is 0 Å². The van der Waals surface area contributed by atoms with Crippen molar-refractivity contribution in [3.63, 3.8) is 0 Å². The molecule has 1 atom stereocenters. The molecule has 1 unspecified atom stereocenters. The zero-order valence-electron chi connectivity index (χ0n) is 15.0. The van der Waals surface area contributed by atoms with Crippen molar-refractivity contribution in [1.29, 1.82) is 0 Å². The van der Waals surface area contributed by atoms with Gasteiger partial charge in [-0.1, -0.05) is 18.2 Å². The van der Waals surface area contributed by atoms with E-state index >= 15 is 0 Å². The van der Waals surface area contributed by atoms with Gasteiger partial charge in [0.2, 0.25) is 5.91 Å². The molecule has 6 heteroatoms. The maximum Gasteiger partial charge on any atom is 0.224 e. The second kappa shape index (κ2) is 7.56. The SMILES string of the molecule is Cc1[nH]c2ccccc2c1CC(=O)NCC(C)(O)CN1CCOCC1. The Hall–Kier alpha value is -1.89. The Morgan fingerprint density at radius 1 is 1.36 bits per heavy atom. The van der Waals surface area contributed by atoms with Crippen LogP contribution in [0.5, 0.6) is 0 Å². The Labute approximate surface area is 148 Å². The van der Waals surface area contributed by atoms with Crippen LogP contribution in [-0.4, -0.2) is 65.9 Å². The minimum Gasteiger partial charge on any atom is -0.387 e. The molecule has 0 radical (unpaired) electrons. The second-order valence-corrected chi connectivity index (χ2v) is 7.11. The van der Waals surface area contributed by atoms with Gasteiger partial charge in [-0.15, -0.1) is 0 Å². The monoisotopic (exact) mass is 345 g/mol. The van der Waals surface area contributed by atoms with Crippen molar-refractivity contribution in [3.05, 3.63) is 35.5 Å². The first-order valence-corrected chi connectivity index (χ1v) is 8.80. The molecular weight excluding hydrogens is 318 g/mol. The van der Waals surface area contributed by atoms with E-state index in [2.05, 4.69) is 15.2 Å². The molecule has 1 saturated heterocycles. The Morgan fingerprint density at radius 3 is 2.84 bits per heavy atom. The number of hydrogen-bond donors (Lipinski definition) is 3. The van der Waals surface area contributed by atoms with Crippen molar-refractivity contribution in [2.24, 2.45) is 0 Å². The van der Waals surface area contributed by atoms with Gasteiger partial charge in [-0.05, 0) is 25.5 Å². The second-order valence-electron chi connectivity index (χ2n) is 7.11. The summed E-state index contributed by atoms with van der Waals surface area (Å²) in [5.41, 5.74) is 2.11. The number of aromatic amines is 1. The van der Waals surface area contributed by atoms with Crippen LogP contribution in [-0.2, 0) is 16.0 Å². The number of aromatic nitrogens is 1. The highest BCUT2D eigenvalue weighted by Crippen LogP contribution is 2.22. The first kappa shape index (κ1) is 17.9. The number of amides is 1. The quantitative estimate of drug-likeness (QED) is 0.736. The van der Waals surface area contributed by atoms with Crippen molar-refractivity contribution in [1.82, 2.24) is 15.2 Å². The number of para-hydroxylation sites is 1. The molecule has 3 rings (SSSR count). The van der Waals surface area contributed by atoms with E-state index in [1.54, 1.807) is 6.92 Å². The van der Waals surface area contributed by atoms with Crippen LogP contribution in [0.15, 0.2) is 24.3 Å². The molecule has 1 aliphatic rings. The number of carbonyl (C=O) groups excluding carboxylic acids is 1. The van der Waals surface area contributed by atoms with Crippen molar-refractivity contribution in [2.75, 3.05) is 39.4 Å². The molecule has 136 valence electrons.